The molecule has 4 rings (SSSR count). The van der Waals surface area contributed by atoms with Crippen LogP contribution in [0, 0.1) is 19.5 Å². The van der Waals surface area contributed by atoms with Gasteiger partial charge in [-0.05, 0) is 97.5 Å². The van der Waals surface area contributed by atoms with Crippen molar-refractivity contribution in [3.05, 3.63) is 49.1 Å². The lowest BCUT2D eigenvalue weighted by Crippen LogP contribution is -2.03. The molecule has 0 atom stereocenters. The zero-order chi connectivity index (χ0) is 23.2. The molecule has 0 spiro atoms. The van der Waals surface area contributed by atoms with Gasteiger partial charge in [0, 0.05) is 9.26 Å². The highest BCUT2D eigenvalue weighted by molar-refractivity contribution is 14.1. The molecule has 2 N–H and O–H groups in total. The maximum atomic E-state index is 5.57. The van der Waals surface area contributed by atoms with Crippen molar-refractivity contribution in [2.45, 2.75) is 0 Å². The van der Waals surface area contributed by atoms with Crippen LogP contribution in [0.25, 0.3) is 11.3 Å². The summed E-state index contributed by atoms with van der Waals surface area (Å²) in [5.41, 5.74) is 5.04. The van der Waals surface area contributed by atoms with Crippen LogP contribution in [-0.2, 0) is 0 Å². The first-order valence-electron chi connectivity index (χ1n) is 9.33. The van der Waals surface area contributed by atoms with Crippen LogP contribution in [-0.4, -0.2) is 40.2 Å². The number of methoxy groups -OCH3 is 1. The molecule has 166 valence electrons. The summed E-state index contributed by atoms with van der Waals surface area (Å²) < 4.78 is 17.7. The minimum Gasteiger partial charge on any atom is -0.493 e. The van der Waals surface area contributed by atoms with Crippen LogP contribution in [0.4, 0.5) is 17.3 Å². The highest BCUT2D eigenvalue weighted by Gasteiger charge is 2.14. The van der Waals surface area contributed by atoms with Crippen LogP contribution in [0.3, 0.4) is 0 Å². The number of fused-ring (bicyclic) bond motifs is 1. The number of nitrogens with zero attached hydrogens (tertiary/aromatic N) is 5. The molecular weight excluding hydrogens is 652 g/mol. The molecule has 0 aliphatic rings. The predicted molar refractivity (Wildman–Crippen MR) is 141 cm³/mol. The molecule has 33 heavy (non-hydrogen) atoms. The maximum Gasteiger partial charge on any atom is 0.245 e. The highest BCUT2D eigenvalue weighted by atomic mass is 127. The third-order valence-corrected chi connectivity index (χ3v) is 5.68. The Labute approximate surface area is 215 Å². The van der Waals surface area contributed by atoms with Gasteiger partial charge in [-0.3, -0.25) is 5.43 Å². The van der Waals surface area contributed by atoms with Crippen molar-refractivity contribution in [1.29, 1.82) is 0 Å². The number of halogens is 2. The minimum absolute atomic E-state index is 0.149. The molecule has 2 heterocycles. The van der Waals surface area contributed by atoms with Crippen molar-refractivity contribution >= 4 is 80.0 Å². The predicted octanol–water partition coefficient (Wildman–Crippen LogP) is 4.43. The molecule has 0 aliphatic heterocycles. The van der Waals surface area contributed by atoms with Crippen molar-refractivity contribution in [1.82, 2.24) is 20.3 Å². The summed E-state index contributed by atoms with van der Waals surface area (Å²) in [4.78, 5) is 8.82. The van der Waals surface area contributed by atoms with Crippen molar-refractivity contribution in [3.8, 4) is 23.8 Å². The van der Waals surface area contributed by atoms with Crippen molar-refractivity contribution in [2.75, 3.05) is 24.5 Å². The fourth-order valence-corrected chi connectivity index (χ4v) is 3.85. The highest BCUT2D eigenvalue weighted by Crippen LogP contribution is 2.33. The Bertz CT molecular complexity index is 1350. The number of aromatic nitrogens is 4. The Balaban J connectivity index is 1.59. The van der Waals surface area contributed by atoms with E-state index in [9.17, 15) is 0 Å². The van der Waals surface area contributed by atoms with E-state index >= 15 is 0 Å². The zero-order valence-electron chi connectivity index (χ0n) is 17.0. The van der Waals surface area contributed by atoms with Gasteiger partial charge in [0.1, 0.15) is 6.61 Å². The second-order valence-corrected chi connectivity index (χ2v) is 8.77. The van der Waals surface area contributed by atoms with Crippen LogP contribution < -0.4 is 20.2 Å². The van der Waals surface area contributed by atoms with E-state index in [4.69, 9.17) is 20.5 Å². The average molecular weight is 667 g/mol. The van der Waals surface area contributed by atoms with E-state index in [0.29, 0.717) is 23.1 Å². The number of nitrogens with one attached hydrogen (secondary N) is 2. The first-order valence-corrected chi connectivity index (χ1v) is 11.5. The Morgan fingerprint density at radius 2 is 1.85 bits per heavy atom. The third-order valence-electron chi connectivity index (χ3n) is 4.16. The van der Waals surface area contributed by atoms with Crippen LogP contribution in [0.15, 0.2) is 46.1 Å². The molecule has 2 aromatic carbocycles. The molecule has 0 unspecified atom stereocenters. The summed E-state index contributed by atoms with van der Waals surface area (Å²) in [7, 11) is 1.56. The lowest BCUT2D eigenvalue weighted by Gasteiger charge is -2.12. The van der Waals surface area contributed by atoms with Gasteiger partial charge in [0.05, 0.1) is 16.9 Å². The summed E-state index contributed by atoms with van der Waals surface area (Å²) in [5.74, 6) is 4.35. The zero-order valence-corrected chi connectivity index (χ0v) is 21.4. The number of terminal acetylenes is 1. The quantitative estimate of drug-likeness (QED) is 0.122. The van der Waals surface area contributed by atoms with Gasteiger partial charge in [-0.1, -0.05) is 5.92 Å². The van der Waals surface area contributed by atoms with Gasteiger partial charge in [-0.15, -0.1) is 6.42 Å². The van der Waals surface area contributed by atoms with E-state index in [1.165, 1.54) is 0 Å². The van der Waals surface area contributed by atoms with E-state index in [1.807, 2.05) is 30.3 Å². The van der Waals surface area contributed by atoms with Gasteiger partial charge < -0.3 is 14.8 Å². The van der Waals surface area contributed by atoms with E-state index in [-0.39, 0.29) is 17.9 Å². The van der Waals surface area contributed by atoms with Crippen molar-refractivity contribution in [3.63, 3.8) is 0 Å². The van der Waals surface area contributed by atoms with Gasteiger partial charge in [0.15, 0.2) is 23.1 Å². The van der Waals surface area contributed by atoms with Crippen molar-refractivity contribution < 1.29 is 14.1 Å². The van der Waals surface area contributed by atoms with E-state index < -0.39 is 0 Å². The van der Waals surface area contributed by atoms with Gasteiger partial charge in [0.2, 0.25) is 11.3 Å². The summed E-state index contributed by atoms with van der Waals surface area (Å²) in [5, 5.41) is 15.0. The number of hydrazone groups is 1. The fraction of sp³-hybridized carbons (Fsp3) is 0.0952. The SMILES string of the molecule is C#CCOc1c(I)cc(C=NNc2nc3nonc3nc2Nc2ccc(I)cc2)cc1OC. The molecular formula is C21H15I2N7O3. The molecule has 0 amide bonds. The first-order chi connectivity index (χ1) is 16.1. The number of benzene rings is 2. The average Bonchev–Trinajstić information content (AvgIpc) is 3.27. The van der Waals surface area contributed by atoms with Gasteiger partial charge in [-0.25, -0.2) is 9.61 Å². The number of hydrogen-bond acceptors (Lipinski definition) is 10. The largest absolute Gasteiger partial charge is 0.493 e. The van der Waals surface area contributed by atoms with Crippen LogP contribution in [0.2, 0.25) is 0 Å². The Kier molecular flexibility index (Phi) is 7.40. The monoisotopic (exact) mass is 667 g/mol. The number of rotatable bonds is 8. The number of anilines is 3. The van der Waals surface area contributed by atoms with E-state index in [2.05, 4.69) is 87.2 Å². The topological polar surface area (TPSA) is 120 Å². The molecule has 0 bridgehead atoms. The molecule has 12 heteroatoms. The molecule has 0 aliphatic carbocycles. The van der Waals surface area contributed by atoms with Crippen LogP contribution in [0.1, 0.15) is 5.56 Å². The van der Waals surface area contributed by atoms with Gasteiger partial charge in [0.25, 0.3) is 0 Å². The second kappa shape index (κ2) is 10.6. The molecule has 0 fully saturated rings. The Hall–Kier alpha value is -3.19. The Morgan fingerprint density at radius 1 is 1.12 bits per heavy atom. The number of ether oxygens (including phenoxy) is 2. The Morgan fingerprint density at radius 3 is 2.55 bits per heavy atom. The number of hydrogen-bond donors (Lipinski definition) is 2. The first kappa shape index (κ1) is 23.0. The summed E-state index contributed by atoms with van der Waals surface area (Å²) >= 11 is 4.39. The molecule has 0 saturated carbocycles. The van der Waals surface area contributed by atoms with Crippen molar-refractivity contribution in [2.24, 2.45) is 5.10 Å². The summed E-state index contributed by atoms with van der Waals surface area (Å²) in [6.07, 6.45) is 6.91. The van der Waals surface area contributed by atoms with Gasteiger partial charge >= 0.3 is 0 Å². The normalized spacial score (nSPS) is 10.8. The maximum absolute atomic E-state index is 5.57. The van der Waals surface area contributed by atoms with Crippen LogP contribution in [0.5, 0.6) is 11.5 Å². The fourth-order valence-electron chi connectivity index (χ4n) is 2.71. The molecule has 10 nitrogen and oxygen atoms in total. The lowest BCUT2D eigenvalue weighted by molar-refractivity contribution is 0.314. The van der Waals surface area contributed by atoms with E-state index in [1.54, 1.807) is 19.4 Å². The standard InChI is InChI=1S/C21H15I2N7O3/c1-3-8-32-17-15(23)9-12(10-16(17)31-2)11-24-28-19-18(25-14-6-4-13(22)5-7-14)26-20-21(27-19)30-33-29-20/h1,4-7,9-11H,8H2,2H3,(H,25,26,29)(H,27,28,30). The van der Waals surface area contributed by atoms with E-state index in [0.717, 1.165) is 18.4 Å². The third kappa shape index (κ3) is 5.60. The van der Waals surface area contributed by atoms with Gasteiger partial charge in [-0.2, -0.15) is 10.1 Å². The second-order valence-electron chi connectivity index (χ2n) is 6.36. The molecule has 4 aromatic rings. The summed E-state index contributed by atoms with van der Waals surface area (Å²) in [6.45, 7) is 0.149. The molecule has 2 aromatic heterocycles. The van der Waals surface area contributed by atoms with Crippen LogP contribution >= 0.6 is 45.2 Å². The smallest absolute Gasteiger partial charge is 0.245 e. The minimum atomic E-state index is 0.149. The molecule has 0 radical (unpaired) electrons. The lowest BCUT2D eigenvalue weighted by atomic mass is 10.2. The molecule has 0 saturated heterocycles. The summed E-state index contributed by atoms with van der Waals surface area (Å²) in [6, 6.07) is 11.5.